The molecule has 2 rings (SSSR count). The van der Waals surface area contributed by atoms with Crippen LogP contribution in [0.2, 0.25) is 0 Å². The van der Waals surface area contributed by atoms with Crippen LogP contribution in [0, 0.1) is 5.92 Å². The molecule has 0 bridgehead atoms. The predicted octanol–water partition coefficient (Wildman–Crippen LogP) is 5.27. The van der Waals surface area contributed by atoms with Crippen molar-refractivity contribution in [3.8, 4) is 5.75 Å². The normalized spacial score (nSPS) is 11.8. The second-order valence-corrected chi connectivity index (χ2v) is 9.95. The molecule has 5 nitrogen and oxygen atoms in total. The van der Waals surface area contributed by atoms with Crippen LogP contribution in [0.15, 0.2) is 53.0 Å². The van der Waals surface area contributed by atoms with Gasteiger partial charge in [-0.05, 0) is 47.7 Å². The zero-order chi connectivity index (χ0) is 23.5. The molecule has 1 atom stereocenters. The molecule has 0 spiro atoms. The van der Waals surface area contributed by atoms with Gasteiger partial charge in [-0.3, -0.25) is 9.59 Å². The summed E-state index contributed by atoms with van der Waals surface area (Å²) in [7, 11) is 1.62. The van der Waals surface area contributed by atoms with Gasteiger partial charge in [0, 0.05) is 23.3 Å². The van der Waals surface area contributed by atoms with Crippen molar-refractivity contribution >= 4 is 39.5 Å². The maximum Gasteiger partial charge on any atom is 0.242 e. The van der Waals surface area contributed by atoms with Gasteiger partial charge >= 0.3 is 0 Å². The molecule has 2 aromatic carbocycles. The average molecular weight is 522 g/mol. The Hall–Kier alpha value is -1.99. The van der Waals surface area contributed by atoms with E-state index in [4.69, 9.17) is 4.74 Å². The highest BCUT2D eigenvalue weighted by Gasteiger charge is 2.28. The Balaban J connectivity index is 2.11. The fourth-order valence-electron chi connectivity index (χ4n) is 3.19. The van der Waals surface area contributed by atoms with Crippen LogP contribution in [0.1, 0.15) is 38.3 Å². The third kappa shape index (κ3) is 8.51. The third-order valence-electron chi connectivity index (χ3n) is 4.99. The Kier molecular flexibility index (Phi) is 11.1. The van der Waals surface area contributed by atoms with Crippen molar-refractivity contribution in [1.82, 2.24) is 10.2 Å². The molecule has 174 valence electrons. The summed E-state index contributed by atoms with van der Waals surface area (Å²) in [6.45, 7) is 7.04. The molecule has 0 aromatic heterocycles. The van der Waals surface area contributed by atoms with Crippen LogP contribution in [-0.4, -0.2) is 42.2 Å². The topological polar surface area (TPSA) is 58.6 Å². The predicted molar refractivity (Wildman–Crippen MR) is 136 cm³/mol. The fourth-order valence-corrected chi connectivity index (χ4v) is 4.32. The largest absolute Gasteiger partial charge is 0.497 e. The smallest absolute Gasteiger partial charge is 0.242 e. The number of thioether (sulfide) groups is 1. The van der Waals surface area contributed by atoms with Gasteiger partial charge < -0.3 is 15.0 Å². The van der Waals surface area contributed by atoms with Gasteiger partial charge in [0.25, 0.3) is 0 Å². The number of methoxy groups -OCH3 is 1. The van der Waals surface area contributed by atoms with E-state index in [2.05, 4.69) is 35.1 Å². The molecule has 0 unspecified atom stereocenters. The van der Waals surface area contributed by atoms with E-state index in [1.165, 1.54) is 0 Å². The molecule has 0 saturated carbocycles. The standard InChI is InChI=1S/C25H33BrN2O3S/c1-5-23(25(30)27-14-18(2)3)28(15-19-8-12-22(31-4)13-9-19)24(29)17-32-16-20-6-10-21(26)11-7-20/h6-13,18,23H,5,14-17H2,1-4H3,(H,27,30)/t23-/m1/s1. The number of amides is 2. The molecule has 32 heavy (non-hydrogen) atoms. The van der Waals surface area contributed by atoms with Gasteiger partial charge in [-0.25, -0.2) is 0 Å². The monoisotopic (exact) mass is 520 g/mol. The molecule has 0 fully saturated rings. The first-order valence-electron chi connectivity index (χ1n) is 10.9. The van der Waals surface area contributed by atoms with Gasteiger partial charge in [0.15, 0.2) is 0 Å². The quantitative estimate of drug-likeness (QED) is 0.414. The molecule has 2 aromatic rings. The number of ether oxygens (including phenoxy) is 1. The van der Waals surface area contributed by atoms with E-state index in [0.717, 1.165) is 27.1 Å². The number of carbonyl (C=O) groups excluding carboxylic acids is 2. The summed E-state index contributed by atoms with van der Waals surface area (Å²) in [4.78, 5) is 27.9. The second-order valence-electron chi connectivity index (χ2n) is 8.05. The Morgan fingerprint density at radius 3 is 2.25 bits per heavy atom. The van der Waals surface area contributed by atoms with Crippen molar-refractivity contribution in [3.05, 3.63) is 64.1 Å². The zero-order valence-electron chi connectivity index (χ0n) is 19.3. The zero-order valence-corrected chi connectivity index (χ0v) is 21.7. The summed E-state index contributed by atoms with van der Waals surface area (Å²) < 4.78 is 6.27. The van der Waals surface area contributed by atoms with Crippen molar-refractivity contribution in [3.63, 3.8) is 0 Å². The highest BCUT2D eigenvalue weighted by Crippen LogP contribution is 2.20. The Morgan fingerprint density at radius 1 is 1.06 bits per heavy atom. The van der Waals surface area contributed by atoms with Gasteiger partial charge in [-0.2, -0.15) is 0 Å². The third-order valence-corrected chi connectivity index (χ3v) is 6.51. The van der Waals surface area contributed by atoms with Crippen molar-refractivity contribution in [1.29, 1.82) is 0 Å². The lowest BCUT2D eigenvalue weighted by Crippen LogP contribution is -2.50. The van der Waals surface area contributed by atoms with Gasteiger partial charge in [-0.15, -0.1) is 11.8 Å². The molecular formula is C25H33BrN2O3S. The van der Waals surface area contributed by atoms with Gasteiger partial charge in [0.1, 0.15) is 11.8 Å². The average Bonchev–Trinajstić information content (AvgIpc) is 2.79. The van der Waals surface area contributed by atoms with Crippen LogP contribution >= 0.6 is 27.7 Å². The summed E-state index contributed by atoms with van der Waals surface area (Å²) in [5, 5.41) is 3.00. The molecule has 0 heterocycles. The molecular weight excluding hydrogens is 488 g/mol. The van der Waals surface area contributed by atoms with E-state index in [1.54, 1.807) is 23.8 Å². The van der Waals surface area contributed by atoms with Crippen molar-refractivity contribution in [2.24, 2.45) is 5.92 Å². The molecule has 0 aliphatic rings. The number of nitrogens with zero attached hydrogens (tertiary/aromatic N) is 1. The van der Waals surface area contributed by atoms with Crippen molar-refractivity contribution < 1.29 is 14.3 Å². The number of hydrogen-bond acceptors (Lipinski definition) is 4. The van der Waals surface area contributed by atoms with E-state index < -0.39 is 6.04 Å². The summed E-state index contributed by atoms with van der Waals surface area (Å²) in [6, 6.07) is 15.2. The van der Waals surface area contributed by atoms with Crippen LogP contribution in [0.4, 0.5) is 0 Å². The lowest BCUT2D eigenvalue weighted by atomic mass is 10.1. The fraction of sp³-hybridized carbons (Fsp3) is 0.440. The van der Waals surface area contributed by atoms with Crippen molar-refractivity contribution in [2.45, 2.75) is 45.5 Å². The summed E-state index contributed by atoms with van der Waals surface area (Å²) in [6.07, 6.45) is 0.559. The number of hydrogen-bond donors (Lipinski definition) is 1. The number of benzene rings is 2. The van der Waals surface area contributed by atoms with Crippen molar-refractivity contribution in [2.75, 3.05) is 19.4 Å². The van der Waals surface area contributed by atoms with Gasteiger partial charge in [0.05, 0.1) is 12.9 Å². The molecule has 1 N–H and O–H groups in total. The molecule has 2 amide bonds. The van der Waals surface area contributed by atoms with Gasteiger partial charge in [-0.1, -0.05) is 61.0 Å². The van der Waals surface area contributed by atoms with Crippen LogP contribution < -0.4 is 10.1 Å². The summed E-state index contributed by atoms with van der Waals surface area (Å²) in [5.74, 6) is 2.05. The minimum absolute atomic E-state index is 0.0329. The Bertz CT molecular complexity index is 856. The minimum atomic E-state index is -0.503. The van der Waals surface area contributed by atoms with E-state index in [1.807, 2.05) is 55.5 Å². The highest BCUT2D eigenvalue weighted by atomic mass is 79.9. The number of carbonyl (C=O) groups is 2. The van der Waals surface area contributed by atoms with Crippen LogP contribution in [0.5, 0.6) is 5.75 Å². The Morgan fingerprint density at radius 2 is 1.69 bits per heavy atom. The molecule has 0 aliphatic heterocycles. The van der Waals surface area contributed by atoms with E-state index in [0.29, 0.717) is 31.2 Å². The summed E-state index contributed by atoms with van der Waals surface area (Å²) in [5.41, 5.74) is 2.13. The van der Waals surface area contributed by atoms with Crippen LogP contribution in [0.3, 0.4) is 0 Å². The molecule has 7 heteroatoms. The molecule has 0 radical (unpaired) electrons. The first-order valence-corrected chi connectivity index (χ1v) is 12.8. The number of rotatable bonds is 12. The maximum atomic E-state index is 13.3. The lowest BCUT2D eigenvalue weighted by Gasteiger charge is -2.31. The highest BCUT2D eigenvalue weighted by molar-refractivity contribution is 9.10. The number of halogens is 1. The van der Waals surface area contributed by atoms with Crippen LogP contribution in [0.25, 0.3) is 0 Å². The first kappa shape index (κ1) is 26.3. The summed E-state index contributed by atoms with van der Waals surface area (Å²) >= 11 is 5.01. The SMILES string of the molecule is CC[C@H](C(=O)NCC(C)C)N(Cc1ccc(OC)cc1)C(=O)CSCc1ccc(Br)cc1. The number of nitrogens with one attached hydrogen (secondary N) is 1. The van der Waals surface area contributed by atoms with E-state index in [-0.39, 0.29) is 11.8 Å². The second kappa shape index (κ2) is 13.5. The molecule has 0 aliphatic carbocycles. The van der Waals surface area contributed by atoms with E-state index in [9.17, 15) is 9.59 Å². The maximum absolute atomic E-state index is 13.3. The van der Waals surface area contributed by atoms with Gasteiger partial charge in [0.2, 0.25) is 11.8 Å². The van der Waals surface area contributed by atoms with Crippen LogP contribution in [-0.2, 0) is 21.9 Å². The lowest BCUT2D eigenvalue weighted by molar-refractivity contribution is -0.139. The van der Waals surface area contributed by atoms with E-state index >= 15 is 0 Å². The first-order chi connectivity index (χ1) is 15.3. The molecule has 0 saturated heterocycles. The Labute approximate surface area is 204 Å². The minimum Gasteiger partial charge on any atom is -0.497 e.